The maximum atomic E-state index is 14.0. The molecule has 0 bridgehead atoms. The second-order valence-electron chi connectivity index (χ2n) is 14.4. The monoisotopic (exact) mass is 743 g/mol. The normalized spacial score (nSPS) is 17.8. The fourth-order valence-electron chi connectivity index (χ4n) is 7.01. The topological polar surface area (TPSA) is 177 Å². The van der Waals surface area contributed by atoms with Gasteiger partial charge < -0.3 is 30.3 Å². The van der Waals surface area contributed by atoms with Crippen LogP contribution in [0.2, 0.25) is 0 Å². The van der Waals surface area contributed by atoms with E-state index < -0.39 is 51.6 Å². The molecule has 6 atom stereocenters. The van der Waals surface area contributed by atoms with E-state index in [0.717, 1.165) is 5.56 Å². The number of anilines is 1. The van der Waals surface area contributed by atoms with Crippen molar-refractivity contribution in [3.8, 4) is 0 Å². The summed E-state index contributed by atoms with van der Waals surface area (Å²) in [5.74, 6) is -2.51. The SMILES string of the molecule is CCC(C)C(C(CC(=O)N1CCCC1C(OC)C(C)C(=O)NS(=O)(=O)c1ccc(N)cc1)OC)N(C)C(=O)CNC(=O)CC(C)(C)c1ccccc1. The van der Waals surface area contributed by atoms with Gasteiger partial charge in [-0.05, 0) is 54.0 Å². The molecule has 6 unspecified atom stereocenters. The number of hydrogen-bond donors (Lipinski definition) is 3. The molecule has 1 aliphatic heterocycles. The van der Waals surface area contributed by atoms with Gasteiger partial charge in [-0.2, -0.15) is 0 Å². The van der Waals surface area contributed by atoms with Crippen molar-refractivity contribution in [1.29, 1.82) is 0 Å². The molecule has 2 aromatic rings. The Labute approximate surface area is 309 Å². The number of methoxy groups -OCH3 is 2. The molecular weight excluding hydrogens is 687 g/mol. The third-order valence-corrected chi connectivity index (χ3v) is 11.7. The quantitative estimate of drug-likeness (QED) is 0.193. The maximum absolute atomic E-state index is 14.0. The minimum Gasteiger partial charge on any atom is -0.399 e. The number of likely N-dealkylation sites (N-methyl/N-ethyl adjacent to an activating group) is 1. The largest absolute Gasteiger partial charge is 0.399 e. The Hall–Kier alpha value is -4.01. The molecule has 1 fully saturated rings. The van der Waals surface area contributed by atoms with Gasteiger partial charge in [0.25, 0.3) is 10.0 Å². The first kappa shape index (κ1) is 42.4. The first-order valence-corrected chi connectivity index (χ1v) is 19.3. The maximum Gasteiger partial charge on any atom is 0.264 e. The number of nitrogens with zero attached hydrogens (tertiary/aromatic N) is 2. The van der Waals surface area contributed by atoms with E-state index in [-0.39, 0.29) is 47.9 Å². The van der Waals surface area contributed by atoms with E-state index in [9.17, 15) is 27.6 Å². The number of nitrogens with one attached hydrogen (secondary N) is 2. The van der Waals surface area contributed by atoms with Gasteiger partial charge in [0.15, 0.2) is 0 Å². The van der Waals surface area contributed by atoms with Crippen LogP contribution >= 0.6 is 0 Å². The molecule has 0 saturated carbocycles. The Morgan fingerprint density at radius 2 is 1.65 bits per heavy atom. The molecule has 0 spiro atoms. The van der Waals surface area contributed by atoms with Crippen LogP contribution in [-0.2, 0) is 44.1 Å². The van der Waals surface area contributed by atoms with Gasteiger partial charge in [0.2, 0.25) is 23.6 Å². The van der Waals surface area contributed by atoms with Crippen LogP contribution in [0.15, 0.2) is 59.5 Å². The number of carbonyl (C=O) groups excluding carboxylic acids is 4. The van der Waals surface area contributed by atoms with E-state index in [2.05, 4.69) is 10.0 Å². The molecule has 1 aliphatic rings. The van der Waals surface area contributed by atoms with E-state index >= 15 is 0 Å². The van der Waals surface area contributed by atoms with Gasteiger partial charge in [0.05, 0.1) is 48.1 Å². The summed E-state index contributed by atoms with van der Waals surface area (Å²) in [6.45, 7) is 9.75. The Morgan fingerprint density at radius 3 is 2.23 bits per heavy atom. The van der Waals surface area contributed by atoms with Gasteiger partial charge in [-0.25, -0.2) is 13.1 Å². The van der Waals surface area contributed by atoms with Crippen molar-refractivity contribution >= 4 is 39.3 Å². The van der Waals surface area contributed by atoms with Gasteiger partial charge in [0, 0.05) is 39.9 Å². The zero-order valence-electron chi connectivity index (χ0n) is 31.8. The molecule has 2 aromatic carbocycles. The lowest BCUT2D eigenvalue weighted by molar-refractivity contribution is -0.145. The van der Waals surface area contributed by atoms with Crippen molar-refractivity contribution in [2.75, 3.05) is 40.1 Å². The summed E-state index contributed by atoms with van der Waals surface area (Å²) in [7, 11) is 0.437. The minimum absolute atomic E-state index is 0.0419. The van der Waals surface area contributed by atoms with E-state index in [0.29, 0.717) is 31.5 Å². The standard InChI is InChI=1S/C38H57N5O8S/c1-9-25(2)35(42(6)34(46)24-40-32(44)23-38(4,5)27-14-11-10-12-15-27)31(50-7)22-33(45)43-21-13-16-30(43)36(51-8)26(3)37(47)41-52(48,49)29-19-17-28(39)18-20-29/h10-12,14-15,17-20,25-26,30-31,35-36H,9,13,16,21-24,39H2,1-8H3,(H,40,44)(H,41,47). The minimum atomic E-state index is -4.16. The van der Waals surface area contributed by atoms with E-state index in [1.54, 1.807) is 23.8 Å². The molecule has 1 heterocycles. The molecule has 52 heavy (non-hydrogen) atoms. The number of carbonyl (C=O) groups is 4. The summed E-state index contributed by atoms with van der Waals surface area (Å²) in [4.78, 5) is 56.7. The van der Waals surface area contributed by atoms with Crippen LogP contribution in [0.1, 0.15) is 72.3 Å². The number of rotatable bonds is 18. The van der Waals surface area contributed by atoms with Crippen LogP contribution in [0.5, 0.6) is 0 Å². The highest BCUT2D eigenvalue weighted by Crippen LogP contribution is 2.30. The summed E-state index contributed by atoms with van der Waals surface area (Å²) in [6, 6.07) is 14.3. The fourth-order valence-corrected chi connectivity index (χ4v) is 8.07. The number of hydrogen-bond acceptors (Lipinski definition) is 9. The highest BCUT2D eigenvalue weighted by molar-refractivity contribution is 7.90. The highest BCUT2D eigenvalue weighted by atomic mass is 32.2. The smallest absolute Gasteiger partial charge is 0.264 e. The van der Waals surface area contributed by atoms with Crippen LogP contribution in [-0.4, -0.2) is 100 Å². The zero-order chi connectivity index (χ0) is 38.8. The van der Waals surface area contributed by atoms with Crippen molar-refractivity contribution in [3.05, 3.63) is 60.2 Å². The number of amides is 4. The zero-order valence-corrected chi connectivity index (χ0v) is 32.6. The molecule has 4 amide bonds. The summed E-state index contributed by atoms with van der Waals surface area (Å²) in [5.41, 5.74) is 6.66. The number of likely N-dealkylation sites (tertiary alicyclic amines) is 1. The average molecular weight is 744 g/mol. The molecule has 1 saturated heterocycles. The highest BCUT2D eigenvalue weighted by Gasteiger charge is 2.42. The van der Waals surface area contributed by atoms with Crippen LogP contribution in [0, 0.1) is 11.8 Å². The predicted octanol–water partition coefficient (Wildman–Crippen LogP) is 3.48. The van der Waals surface area contributed by atoms with Gasteiger partial charge in [0.1, 0.15) is 0 Å². The predicted molar refractivity (Wildman–Crippen MR) is 199 cm³/mol. The lowest BCUT2D eigenvalue weighted by Gasteiger charge is -2.39. The number of nitrogen functional groups attached to an aromatic ring is 1. The number of ether oxygens (including phenoxy) is 2. The molecule has 13 nitrogen and oxygen atoms in total. The Kier molecular flexibility index (Phi) is 15.2. The number of nitrogens with two attached hydrogens (primary N) is 1. The van der Waals surface area contributed by atoms with Gasteiger partial charge in [-0.3, -0.25) is 19.2 Å². The number of benzene rings is 2. The molecule has 3 rings (SSSR count). The Morgan fingerprint density at radius 1 is 1.02 bits per heavy atom. The fraction of sp³-hybridized carbons (Fsp3) is 0.579. The van der Waals surface area contributed by atoms with Crippen molar-refractivity contribution in [2.45, 2.75) is 101 Å². The lowest BCUT2D eigenvalue weighted by Crippen LogP contribution is -2.54. The van der Waals surface area contributed by atoms with Crippen LogP contribution < -0.4 is 15.8 Å². The number of sulfonamides is 1. The molecular formula is C38H57N5O8S. The second kappa shape index (κ2) is 18.7. The average Bonchev–Trinajstić information content (AvgIpc) is 3.60. The van der Waals surface area contributed by atoms with Crippen molar-refractivity contribution in [1.82, 2.24) is 19.8 Å². The van der Waals surface area contributed by atoms with E-state index in [1.807, 2.05) is 58.0 Å². The first-order valence-electron chi connectivity index (χ1n) is 17.8. The summed E-state index contributed by atoms with van der Waals surface area (Å²) < 4.78 is 39.6. The van der Waals surface area contributed by atoms with Crippen LogP contribution in [0.3, 0.4) is 0 Å². The molecule has 0 aliphatic carbocycles. The summed E-state index contributed by atoms with van der Waals surface area (Å²) >= 11 is 0. The molecule has 14 heteroatoms. The first-order chi connectivity index (χ1) is 24.5. The van der Waals surface area contributed by atoms with Gasteiger partial charge in [-0.15, -0.1) is 0 Å². The van der Waals surface area contributed by atoms with E-state index in [4.69, 9.17) is 15.2 Å². The Balaban J connectivity index is 1.68. The van der Waals surface area contributed by atoms with Gasteiger partial charge >= 0.3 is 0 Å². The lowest BCUT2D eigenvalue weighted by atomic mass is 9.81. The van der Waals surface area contributed by atoms with Crippen molar-refractivity contribution in [2.24, 2.45) is 11.8 Å². The molecule has 288 valence electrons. The van der Waals surface area contributed by atoms with Crippen LogP contribution in [0.25, 0.3) is 0 Å². The van der Waals surface area contributed by atoms with Crippen LogP contribution in [0.4, 0.5) is 5.69 Å². The molecule has 0 aromatic heterocycles. The molecule has 4 N–H and O–H groups in total. The van der Waals surface area contributed by atoms with Crippen molar-refractivity contribution < 1.29 is 37.1 Å². The van der Waals surface area contributed by atoms with Crippen molar-refractivity contribution in [3.63, 3.8) is 0 Å². The third-order valence-electron chi connectivity index (χ3n) is 10.3. The van der Waals surface area contributed by atoms with E-state index in [1.165, 1.54) is 38.5 Å². The summed E-state index contributed by atoms with van der Waals surface area (Å²) in [5, 5.41) is 2.78. The Bertz CT molecular complexity index is 1620. The second-order valence-corrected chi connectivity index (χ2v) is 16.1. The third kappa shape index (κ3) is 10.8. The van der Waals surface area contributed by atoms with Gasteiger partial charge in [-0.1, -0.05) is 71.4 Å². The summed E-state index contributed by atoms with van der Waals surface area (Å²) in [6.07, 6.45) is 0.628. The molecule has 0 radical (unpaired) electrons.